The van der Waals surface area contributed by atoms with Crippen molar-refractivity contribution < 1.29 is 22.7 Å². The largest absolute Gasteiger partial charge is 0.481 e. The summed E-state index contributed by atoms with van der Waals surface area (Å²) in [6.07, 6.45) is -0.204. The predicted octanol–water partition coefficient (Wildman–Crippen LogP) is 5.38. The average molecular weight is 450 g/mol. The fourth-order valence-electron chi connectivity index (χ4n) is 3.82. The van der Waals surface area contributed by atoms with Gasteiger partial charge in [-0.25, -0.2) is 12.8 Å². The molecule has 0 aliphatic heterocycles. The van der Waals surface area contributed by atoms with E-state index in [2.05, 4.69) is 4.72 Å². The minimum Gasteiger partial charge on any atom is -0.481 e. The zero-order chi connectivity index (χ0) is 22.9. The molecule has 7 heteroatoms. The van der Waals surface area contributed by atoms with Crippen LogP contribution in [0, 0.1) is 12.7 Å². The third-order valence-corrected chi connectivity index (χ3v) is 6.69. The van der Waals surface area contributed by atoms with Gasteiger partial charge in [0, 0.05) is 5.56 Å². The number of anilines is 1. The molecule has 4 aromatic carbocycles. The summed E-state index contributed by atoms with van der Waals surface area (Å²) in [6, 6.07) is 20.8. The van der Waals surface area contributed by atoms with Crippen molar-refractivity contribution in [3.8, 4) is 11.1 Å². The standard InChI is InChI=1S/C25H20FNO4S/c1-16-18(14-24(28)29)13-17-11-12-19(26)15-22(17)25(16)21-9-5-6-10-23(21)27-32(30,31)20-7-3-2-4-8-20/h2-13,15,27H,14H2,1H3,(H,28,29). The third-order valence-electron chi connectivity index (χ3n) is 5.31. The quantitative estimate of drug-likeness (QED) is 0.414. The van der Waals surface area contributed by atoms with E-state index in [0.29, 0.717) is 38.7 Å². The van der Waals surface area contributed by atoms with Gasteiger partial charge in [0.15, 0.2) is 0 Å². The van der Waals surface area contributed by atoms with Gasteiger partial charge in [-0.2, -0.15) is 0 Å². The van der Waals surface area contributed by atoms with Crippen molar-refractivity contribution in [1.82, 2.24) is 0 Å². The molecule has 5 nitrogen and oxygen atoms in total. The summed E-state index contributed by atoms with van der Waals surface area (Å²) in [5, 5.41) is 10.6. The molecule has 0 aliphatic rings. The fourth-order valence-corrected chi connectivity index (χ4v) is 4.92. The lowest BCUT2D eigenvalue weighted by Gasteiger charge is -2.19. The molecule has 0 saturated heterocycles. The topological polar surface area (TPSA) is 83.5 Å². The molecular weight excluding hydrogens is 429 g/mol. The molecule has 4 rings (SSSR count). The Bertz CT molecular complexity index is 1430. The zero-order valence-corrected chi connectivity index (χ0v) is 18.0. The smallest absolute Gasteiger partial charge is 0.307 e. The van der Waals surface area contributed by atoms with Gasteiger partial charge in [-0.05, 0) is 64.7 Å². The summed E-state index contributed by atoms with van der Waals surface area (Å²) in [4.78, 5) is 11.5. The normalized spacial score (nSPS) is 11.4. The van der Waals surface area contributed by atoms with Gasteiger partial charge in [-0.15, -0.1) is 0 Å². The minimum atomic E-state index is -3.87. The highest BCUT2D eigenvalue weighted by atomic mass is 32.2. The Morgan fingerprint density at radius 1 is 0.969 bits per heavy atom. The first kappa shape index (κ1) is 21.5. The van der Waals surface area contributed by atoms with Crippen LogP contribution in [0.2, 0.25) is 0 Å². The maximum Gasteiger partial charge on any atom is 0.307 e. The molecule has 0 atom stereocenters. The Morgan fingerprint density at radius 2 is 1.66 bits per heavy atom. The Hall–Kier alpha value is -3.71. The van der Waals surface area contributed by atoms with E-state index in [1.165, 1.54) is 24.3 Å². The van der Waals surface area contributed by atoms with E-state index in [0.717, 1.165) is 0 Å². The molecule has 0 aromatic heterocycles. The van der Waals surface area contributed by atoms with E-state index in [-0.39, 0.29) is 11.3 Å². The van der Waals surface area contributed by atoms with Crippen LogP contribution in [-0.4, -0.2) is 19.5 Å². The van der Waals surface area contributed by atoms with Crippen molar-refractivity contribution in [1.29, 1.82) is 0 Å². The summed E-state index contributed by atoms with van der Waals surface area (Å²) < 4.78 is 42.7. The van der Waals surface area contributed by atoms with E-state index in [9.17, 15) is 22.7 Å². The summed E-state index contributed by atoms with van der Waals surface area (Å²) in [5.41, 5.74) is 2.67. The predicted molar refractivity (Wildman–Crippen MR) is 123 cm³/mol. The molecular formula is C25H20FNO4S. The first-order valence-electron chi connectivity index (χ1n) is 9.87. The van der Waals surface area contributed by atoms with Crippen molar-refractivity contribution in [3.63, 3.8) is 0 Å². The van der Waals surface area contributed by atoms with E-state index in [1.54, 1.807) is 61.5 Å². The highest BCUT2D eigenvalue weighted by molar-refractivity contribution is 7.92. The number of carbonyl (C=O) groups is 1. The second-order valence-corrected chi connectivity index (χ2v) is 9.12. The molecule has 32 heavy (non-hydrogen) atoms. The monoisotopic (exact) mass is 449 g/mol. The summed E-state index contributed by atoms with van der Waals surface area (Å²) in [5.74, 6) is -1.43. The van der Waals surface area contributed by atoms with Gasteiger partial charge in [0.25, 0.3) is 10.0 Å². The zero-order valence-electron chi connectivity index (χ0n) is 17.2. The lowest BCUT2D eigenvalue weighted by Crippen LogP contribution is -2.13. The highest BCUT2D eigenvalue weighted by Crippen LogP contribution is 2.39. The van der Waals surface area contributed by atoms with Gasteiger partial charge in [-0.1, -0.05) is 48.5 Å². The molecule has 0 heterocycles. The second-order valence-electron chi connectivity index (χ2n) is 7.44. The Balaban J connectivity index is 1.95. The second kappa shape index (κ2) is 8.43. The maximum atomic E-state index is 14.2. The molecule has 4 aromatic rings. The number of sulfonamides is 1. The molecule has 0 fully saturated rings. The molecule has 0 aliphatic carbocycles. The molecule has 2 N–H and O–H groups in total. The molecule has 0 bridgehead atoms. The molecule has 0 amide bonds. The number of halogens is 1. The summed E-state index contributed by atoms with van der Waals surface area (Å²) in [6.45, 7) is 1.76. The number of hydrogen-bond donors (Lipinski definition) is 2. The van der Waals surface area contributed by atoms with Crippen molar-refractivity contribution in [2.75, 3.05) is 4.72 Å². The van der Waals surface area contributed by atoms with Gasteiger partial charge < -0.3 is 5.11 Å². The van der Waals surface area contributed by atoms with Crippen molar-refractivity contribution >= 4 is 32.5 Å². The van der Waals surface area contributed by atoms with Crippen LogP contribution in [0.1, 0.15) is 11.1 Å². The Morgan fingerprint density at radius 3 is 2.38 bits per heavy atom. The van der Waals surface area contributed by atoms with Crippen LogP contribution >= 0.6 is 0 Å². The number of nitrogens with one attached hydrogen (secondary N) is 1. The van der Waals surface area contributed by atoms with E-state index in [1.807, 2.05) is 0 Å². The molecule has 0 spiro atoms. The summed E-state index contributed by atoms with van der Waals surface area (Å²) >= 11 is 0. The van der Waals surface area contributed by atoms with Gasteiger partial charge in [-0.3, -0.25) is 9.52 Å². The van der Waals surface area contributed by atoms with Crippen LogP contribution in [-0.2, 0) is 21.2 Å². The number of benzene rings is 4. The molecule has 0 radical (unpaired) electrons. The van der Waals surface area contributed by atoms with Crippen LogP contribution in [0.15, 0.2) is 83.8 Å². The van der Waals surface area contributed by atoms with Crippen LogP contribution in [0.3, 0.4) is 0 Å². The first-order chi connectivity index (χ1) is 15.3. The fraction of sp³-hybridized carbons (Fsp3) is 0.0800. The molecule has 162 valence electrons. The Kier molecular flexibility index (Phi) is 5.67. The number of hydrogen-bond acceptors (Lipinski definition) is 3. The van der Waals surface area contributed by atoms with Gasteiger partial charge in [0.2, 0.25) is 0 Å². The first-order valence-corrected chi connectivity index (χ1v) is 11.4. The number of fused-ring (bicyclic) bond motifs is 1. The lowest BCUT2D eigenvalue weighted by molar-refractivity contribution is -0.136. The number of aliphatic carboxylic acids is 1. The third kappa shape index (κ3) is 4.20. The van der Waals surface area contributed by atoms with Crippen LogP contribution in [0.5, 0.6) is 0 Å². The van der Waals surface area contributed by atoms with Crippen LogP contribution < -0.4 is 4.72 Å². The van der Waals surface area contributed by atoms with Crippen molar-refractivity contribution in [2.45, 2.75) is 18.2 Å². The average Bonchev–Trinajstić information content (AvgIpc) is 2.76. The minimum absolute atomic E-state index is 0.113. The number of rotatable bonds is 6. The van der Waals surface area contributed by atoms with E-state index in [4.69, 9.17) is 0 Å². The maximum absolute atomic E-state index is 14.2. The lowest BCUT2D eigenvalue weighted by atomic mass is 9.88. The van der Waals surface area contributed by atoms with Crippen LogP contribution in [0.25, 0.3) is 21.9 Å². The van der Waals surface area contributed by atoms with Gasteiger partial charge in [0.1, 0.15) is 5.82 Å². The number of carboxylic acids is 1. The molecule has 0 saturated carbocycles. The molecule has 0 unspecified atom stereocenters. The number of carboxylic acid groups (broad SMARTS) is 1. The van der Waals surface area contributed by atoms with Crippen molar-refractivity contribution in [2.24, 2.45) is 0 Å². The van der Waals surface area contributed by atoms with Gasteiger partial charge >= 0.3 is 5.97 Å². The number of para-hydroxylation sites is 1. The summed E-state index contributed by atoms with van der Waals surface area (Å²) in [7, 11) is -3.87. The van der Waals surface area contributed by atoms with E-state index >= 15 is 0 Å². The highest BCUT2D eigenvalue weighted by Gasteiger charge is 2.20. The van der Waals surface area contributed by atoms with E-state index < -0.39 is 21.8 Å². The SMILES string of the molecule is Cc1c(CC(=O)O)cc2ccc(F)cc2c1-c1ccccc1NS(=O)(=O)c1ccccc1. The Labute approximate surface area is 185 Å². The van der Waals surface area contributed by atoms with Crippen LogP contribution in [0.4, 0.5) is 10.1 Å². The van der Waals surface area contributed by atoms with Gasteiger partial charge in [0.05, 0.1) is 17.0 Å². The van der Waals surface area contributed by atoms with Crippen molar-refractivity contribution in [3.05, 3.63) is 95.8 Å².